The van der Waals surface area contributed by atoms with E-state index in [2.05, 4.69) is 43.1 Å². The average molecular weight is 287 g/mol. The zero-order chi connectivity index (χ0) is 14.5. The van der Waals surface area contributed by atoms with E-state index in [-0.39, 0.29) is 5.56 Å². The molecule has 0 aliphatic rings. The molecule has 2 aromatic rings. The molecule has 20 heavy (non-hydrogen) atoms. The summed E-state index contributed by atoms with van der Waals surface area (Å²) >= 11 is 1.70. The van der Waals surface area contributed by atoms with Crippen LogP contribution in [0.4, 0.5) is 0 Å². The SMILES string of the molecule is CC(C)c1ccc(SCc2ccc(C(=O)O)cn2)cc1. The molecule has 0 aliphatic carbocycles. The van der Waals surface area contributed by atoms with Crippen LogP contribution in [-0.4, -0.2) is 16.1 Å². The molecule has 0 bridgehead atoms. The smallest absolute Gasteiger partial charge is 0.337 e. The van der Waals surface area contributed by atoms with Crippen molar-refractivity contribution < 1.29 is 9.90 Å². The fourth-order valence-corrected chi connectivity index (χ4v) is 2.56. The number of aromatic nitrogens is 1. The van der Waals surface area contributed by atoms with Crippen LogP contribution in [0.5, 0.6) is 0 Å². The van der Waals surface area contributed by atoms with Crippen LogP contribution >= 0.6 is 11.8 Å². The molecule has 1 N–H and O–H groups in total. The summed E-state index contributed by atoms with van der Waals surface area (Å²) < 4.78 is 0. The van der Waals surface area contributed by atoms with Gasteiger partial charge in [0.1, 0.15) is 0 Å². The molecular weight excluding hydrogens is 270 g/mol. The Morgan fingerprint density at radius 2 is 1.90 bits per heavy atom. The number of rotatable bonds is 5. The maximum Gasteiger partial charge on any atom is 0.337 e. The van der Waals surface area contributed by atoms with E-state index in [4.69, 9.17) is 5.11 Å². The second-order valence-electron chi connectivity index (χ2n) is 4.86. The van der Waals surface area contributed by atoms with Crippen LogP contribution in [0.15, 0.2) is 47.5 Å². The summed E-state index contributed by atoms with van der Waals surface area (Å²) in [6, 6.07) is 11.9. The average Bonchev–Trinajstić information content (AvgIpc) is 2.46. The second kappa shape index (κ2) is 6.57. The topological polar surface area (TPSA) is 50.2 Å². The fraction of sp³-hybridized carbons (Fsp3) is 0.250. The number of pyridine rings is 1. The van der Waals surface area contributed by atoms with Gasteiger partial charge >= 0.3 is 5.97 Å². The molecule has 0 amide bonds. The van der Waals surface area contributed by atoms with E-state index < -0.39 is 5.97 Å². The summed E-state index contributed by atoms with van der Waals surface area (Å²) in [5, 5.41) is 8.81. The van der Waals surface area contributed by atoms with Gasteiger partial charge in [-0.25, -0.2) is 4.79 Å². The molecule has 104 valence electrons. The molecule has 1 aromatic heterocycles. The van der Waals surface area contributed by atoms with E-state index >= 15 is 0 Å². The van der Waals surface area contributed by atoms with Crippen LogP contribution < -0.4 is 0 Å². The molecule has 0 saturated heterocycles. The number of carbonyl (C=O) groups is 1. The van der Waals surface area contributed by atoms with Crippen LogP contribution in [0.1, 0.15) is 41.4 Å². The highest BCUT2D eigenvalue weighted by molar-refractivity contribution is 7.98. The maximum atomic E-state index is 10.7. The van der Waals surface area contributed by atoms with Crippen LogP contribution in [0.25, 0.3) is 0 Å². The van der Waals surface area contributed by atoms with Gasteiger partial charge in [0.25, 0.3) is 0 Å². The van der Waals surface area contributed by atoms with E-state index in [1.54, 1.807) is 23.9 Å². The maximum absolute atomic E-state index is 10.7. The first-order valence-electron chi connectivity index (χ1n) is 6.47. The van der Waals surface area contributed by atoms with Crippen molar-refractivity contribution in [3.8, 4) is 0 Å². The number of aromatic carboxylic acids is 1. The lowest BCUT2D eigenvalue weighted by atomic mass is 10.0. The highest BCUT2D eigenvalue weighted by Crippen LogP contribution is 2.24. The minimum absolute atomic E-state index is 0.222. The molecule has 1 heterocycles. The molecule has 1 aromatic carbocycles. The minimum atomic E-state index is -0.944. The number of benzene rings is 1. The Hall–Kier alpha value is -1.81. The van der Waals surface area contributed by atoms with Crippen LogP contribution in [-0.2, 0) is 5.75 Å². The second-order valence-corrected chi connectivity index (χ2v) is 5.90. The molecule has 4 heteroatoms. The van der Waals surface area contributed by atoms with E-state index in [1.165, 1.54) is 16.7 Å². The van der Waals surface area contributed by atoms with Gasteiger partial charge in [-0.15, -0.1) is 11.8 Å². The van der Waals surface area contributed by atoms with Crippen molar-refractivity contribution in [2.24, 2.45) is 0 Å². The van der Waals surface area contributed by atoms with Crippen molar-refractivity contribution in [1.29, 1.82) is 0 Å². The Balaban J connectivity index is 1.96. The molecule has 0 spiro atoms. The van der Waals surface area contributed by atoms with Crippen molar-refractivity contribution in [2.45, 2.75) is 30.4 Å². The van der Waals surface area contributed by atoms with E-state index in [0.717, 1.165) is 11.4 Å². The first kappa shape index (κ1) is 14.6. The lowest BCUT2D eigenvalue weighted by Crippen LogP contribution is -1.98. The largest absolute Gasteiger partial charge is 0.478 e. The quantitative estimate of drug-likeness (QED) is 0.837. The summed E-state index contributed by atoms with van der Waals surface area (Å²) in [4.78, 5) is 16.1. The fourth-order valence-electron chi connectivity index (χ4n) is 1.74. The predicted octanol–water partition coefficient (Wildman–Crippen LogP) is 4.20. The third-order valence-corrected chi connectivity index (χ3v) is 4.05. The summed E-state index contributed by atoms with van der Waals surface area (Å²) in [5.74, 6) is 0.334. The number of thioether (sulfide) groups is 1. The minimum Gasteiger partial charge on any atom is -0.478 e. The number of carboxylic acid groups (broad SMARTS) is 1. The summed E-state index contributed by atoms with van der Waals surface area (Å²) in [6.07, 6.45) is 1.40. The van der Waals surface area contributed by atoms with Gasteiger partial charge in [0, 0.05) is 16.8 Å². The normalized spacial score (nSPS) is 10.8. The van der Waals surface area contributed by atoms with Gasteiger partial charge in [0.2, 0.25) is 0 Å². The van der Waals surface area contributed by atoms with Crippen molar-refractivity contribution in [2.75, 3.05) is 0 Å². The van der Waals surface area contributed by atoms with Gasteiger partial charge in [-0.2, -0.15) is 0 Å². The molecule has 0 saturated carbocycles. The molecule has 0 radical (unpaired) electrons. The zero-order valence-corrected chi connectivity index (χ0v) is 12.4. The monoisotopic (exact) mass is 287 g/mol. The lowest BCUT2D eigenvalue weighted by Gasteiger charge is -2.06. The summed E-state index contributed by atoms with van der Waals surface area (Å²) in [7, 11) is 0. The molecule has 0 aliphatic heterocycles. The Morgan fingerprint density at radius 1 is 1.20 bits per heavy atom. The van der Waals surface area contributed by atoms with Gasteiger partial charge in [-0.3, -0.25) is 4.98 Å². The first-order valence-corrected chi connectivity index (χ1v) is 7.46. The van der Waals surface area contributed by atoms with Gasteiger partial charge < -0.3 is 5.11 Å². The predicted molar refractivity (Wildman–Crippen MR) is 81.3 cm³/mol. The van der Waals surface area contributed by atoms with Crippen LogP contribution in [0.2, 0.25) is 0 Å². The number of hydrogen-bond acceptors (Lipinski definition) is 3. The standard InChI is InChI=1S/C16H17NO2S/c1-11(2)12-4-7-15(8-5-12)20-10-14-6-3-13(9-17-14)16(18)19/h3-9,11H,10H2,1-2H3,(H,18,19). The van der Waals surface area contributed by atoms with Crippen molar-refractivity contribution in [1.82, 2.24) is 4.98 Å². The Labute approximate surface area is 123 Å². The van der Waals surface area contributed by atoms with E-state index in [1.807, 2.05) is 0 Å². The van der Waals surface area contributed by atoms with Crippen molar-refractivity contribution in [3.63, 3.8) is 0 Å². The Morgan fingerprint density at radius 3 is 2.40 bits per heavy atom. The first-order chi connectivity index (χ1) is 9.56. The van der Waals surface area contributed by atoms with Crippen LogP contribution in [0, 0.1) is 0 Å². The Kier molecular flexibility index (Phi) is 4.79. The number of nitrogens with zero attached hydrogens (tertiary/aromatic N) is 1. The van der Waals surface area contributed by atoms with E-state index in [9.17, 15) is 4.79 Å². The molecule has 0 fully saturated rings. The third kappa shape index (κ3) is 3.84. The Bertz CT molecular complexity index is 576. The molecule has 0 atom stereocenters. The highest BCUT2D eigenvalue weighted by Gasteiger charge is 2.04. The molecule has 3 nitrogen and oxygen atoms in total. The highest BCUT2D eigenvalue weighted by atomic mass is 32.2. The van der Waals surface area contributed by atoms with Gasteiger partial charge in [-0.1, -0.05) is 26.0 Å². The number of carboxylic acids is 1. The van der Waals surface area contributed by atoms with Gasteiger partial charge in [0.05, 0.1) is 11.3 Å². The summed E-state index contributed by atoms with van der Waals surface area (Å²) in [5.41, 5.74) is 2.44. The zero-order valence-electron chi connectivity index (χ0n) is 11.5. The van der Waals surface area contributed by atoms with E-state index in [0.29, 0.717) is 5.92 Å². The number of hydrogen-bond donors (Lipinski definition) is 1. The van der Waals surface area contributed by atoms with Crippen LogP contribution in [0.3, 0.4) is 0 Å². The van der Waals surface area contributed by atoms with Gasteiger partial charge in [0.15, 0.2) is 0 Å². The lowest BCUT2D eigenvalue weighted by molar-refractivity contribution is 0.0696. The third-order valence-electron chi connectivity index (χ3n) is 3.01. The molecular formula is C16H17NO2S. The molecule has 0 unspecified atom stereocenters. The summed E-state index contributed by atoms with van der Waals surface area (Å²) in [6.45, 7) is 4.35. The van der Waals surface area contributed by atoms with Crippen molar-refractivity contribution in [3.05, 3.63) is 59.4 Å². The van der Waals surface area contributed by atoms with Gasteiger partial charge in [-0.05, 0) is 35.7 Å². The molecule has 2 rings (SSSR count). The van der Waals surface area contributed by atoms with Crippen molar-refractivity contribution >= 4 is 17.7 Å².